The first kappa shape index (κ1) is 7.89. The van der Waals surface area contributed by atoms with E-state index in [1.165, 1.54) is 21.8 Å². The van der Waals surface area contributed by atoms with Gasteiger partial charge in [-0.15, -0.1) is 11.8 Å². The van der Waals surface area contributed by atoms with E-state index in [0.29, 0.717) is 0 Å². The van der Waals surface area contributed by atoms with E-state index in [1.54, 1.807) is 11.8 Å². The van der Waals surface area contributed by atoms with Gasteiger partial charge < -0.3 is 5.73 Å². The molecule has 0 amide bonds. The number of hydrogen-bond donors (Lipinski definition) is 1. The quantitative estimate of drug-likeness (QED) is 0.563. The van der Waals surface area contributed by atoms with E-state index in [2.05, 4.69) is 10.6 Å². The standard InChI is InChI=1S/C8H8N2S2/c1-11-7-3-2-6(9)8-5(7)4-10-12-8/h2-4H,9H2,1H3. The van der Waals surface area contributed by atoms with Crippen LogP contribution in [0.2, 0.25) is 0 Å². The topological polar surface area (TPSA) is 38.9 Å². The number of nitrogens with two attached hydrogens (primary N) is 1. The smallest absolute Gasteiger partial charge is 0.0790 e. The molecule has 1 aromatic carbocycles. The summed E-state index contributed by atoms with van der Waals surface area (Å²) in [6.07, 6.45) is 3.94. The summed E-state index contributed by atoms with van der Waals surface area (Å²) in [5, 5.41) is 1.17. The molecule has 0 aliphatic carbocycles. The van der Waals surface area contributed by atoms with E-state index >= 15 is 0 Å². The van der Waals surface area contributed by atoms with Gasteiger partial charge in [-0.25, -0.2) is 0 Å². The highest BCUT2D eigenvalue weighted by molar-refractivity contribution is 7.98. The molecule has 0 radical (unpaired) electrons. The van der Waals surface area contributed by atoms with Gasteiger partial charge >= 0.3 is 0 Å². The zero-order valence-corrected chi connectivity index (χ0v) is 8.21. The van der Waals surface area contributed by atoms with Crippen LogP contribution in [0, 0.1) is 0 Å². The Bertz CT molecular complexity index is 408. The molecule has 1 heterocycles. The van der Waals surface area contributed by atoms with Crippen molar-refractivity contribution in [3.8, 4) is 0 Å². The van der Waals surface area contributed by atoms with Gasteiger partial charge in [0.1, 0.15) is 0 Å². The summed E-state index contributed by atoms with van der Waals surface area (Å²) in [7, 11) is 0. The molecule has 0 saturated heterocycles. The van der Waals surface area contributed by atoms with Crippen LogP contribution in [0.4, 0.5) is 5.69 Å². The van der Waals surface area contributed by atoms with Crippen LogP contribution in [0.5, 0.6) is 0 Å². The van der Waals surface area contributed by atoms with Crippen LogP contribution >= 0.6 is 23.3 Å². The molecule has 2 rings (SSSR count). The Kier molecular flexibility index (Phi) is 1.94. The van der Waals surface area contributed by atoms with Crippen LogP contribution in [0.25, 0.3) is 10.1 Å². The van der Waals surface area contributed by atoms with E-state index in [9.17, 15) is 0 Å². The Labute approximate surface area is 78.9 Å². The fourth-order valence-electron chi connectivity index (χ4n) is 1.13. The van der Waals surface area contributed by atoms with E-state index in [4.69, 9.17) is 5.73 Å². The first-order chi connectivity index (χ1) is 5.83. The summed E-state index contributed by atoms with van der Waals surface area (Å²) < 4.78 is 5.22. The van der Waals surface area contributed by atoms with Gasteiger partial charge in [-0.2, -0.15) is 4.37 Å². The number of rotatable bonds is 1. The highest BCUT2D eigenvalue weighted by Gasteiger charge is 2.04. The Hall–Kier alpha value is -0.740. The minimum absolute atomic E-state index is 0.824. The van der Waals surface area contributed by atoms with Crippen LogP contribution < -0.4 is 5.73 Å². The summed E-state index contributed by atoms with van der Waals surface area (Å²) in [6, 6.07) is 3.98. The van der Waals surface area contributed by atoms with Gasteiger partial charge in [-0.3, -0.25) is 0 Å². The maximum atomic E-state index is 5.79. The van der Waals surface area contributed by atoms with Crippen LogP contribution in [-0.2, 0) is 0 Å². The largest absolute Gasteiger partial charge is 0.398 e. The van der Waals surface area contributed by atoms with Crippen LogP contribution in [0.1, 0.15) is 0 Å². The minimum atomic E-state index is 0.824. The molecule has 0 saturated carbocycles. The third kappa shape index (κ3) is 1.07. The third-order valence-corrected chi connectivity index (χ3v) is 3.38. The van der Waals surface area contributed by atoms with Gasteiger partial charge in [0.15, 0.2) is 0 Å². The van der Waals surface area contributed by atoms with Crippen LogP contribution in [-0.4, -0.2) is 10.6 Å². The molecule has 2 aromatic rings. The normalized spacial score (nSPS) is 10.8. The third-order valence-electron chi connectivity index (χ3n) is 1.73. The second-order valence-corrected chi connectivity index (χ2v) is 4.08. The maximum Gasteiger partial charge on any atom is 0.0790 e. The predicted octanol–water partition coefficient (Wildman–Crippen LogP) is 2.60. The molecule has 0 fully saturated rings. The summed E-state index contributed by atoms with van der Waals surface area (Å²) >= 11 is 3.18. The molecule has 0 atom stereocenters. The van der Waals surface area contributed by atoms with Gasteiger partial charge in [0.25, 0.3) is 0 Å². The molecular formula is C8H8N2S2. The van der Waals surface area contributed by atoms with E-state index in [0.717, 1.165) is 10.4 Å². The van der Waals surface area contributed by atoms with Crippen LogP contribution in [0.3, 0.4) is 0 Å². The second kappa shape index (κ2) is 2.95. The Morgan fingerprint density at radius 3 is 3.08 bits per heavy atom. The van der Waals surface area contributed by atoms with Gasteiger partial charge in [0, 0.05) is 16.5 Å². The number of thioether (sulfide) groups is 1. The predicted molar refractivity (Wildman–Crippen MR) is 55.8 cm³/mol. The lowest BCUT2D eigenvalue weighted by molar-refractivity contribution is 1.53. The van der Waals surface area contributed by atoms with E-state index < -0.39 is 0 Å². The number of nitrogen functional groups attached to an aromatic ring is 1. The molecule has 0 spiro atoms. The fourth-order valence-corrected chi connectivity index (χ4v) is 2.47. The van der Waals surface area contributed by atoms with Crippen molar-refractivity contribution in [2.45, 2.75) is 4.90 Å². The number of aromatic nitrogens is 1. The van der Waals surface area contributed by atoms with Crippen molar-refractivity contribution >= 4 is 39.1 Å². The zero-order chi connectivity index (χ0) is 8.55. The second-order valence-electron chi connectivity index (χ2n) is 2.43. The van der Waals surface area contributed by atoms with E-state index in [-0.39, 0.29) is 0 Å². The van der Waals surface area contributed by atoms with E-state index in [1.807, 2.05) is 18.3 Å². The van der Waals surface area contributed by atoms with Crippen molar-refractivity contribution in [3.63, 3.8) is 0 Å². The van der Waals surface area contributed by atoms with Crippen LogP contribution in [0.15, 0.2) is 23.2 Å². The van der Waals surface area contributed by atoms with Crippen molar-refractivity contribution in [1.82, 2.24) is 4.37 Å². The highest BCUT2D eigenvalue weighted by atomic mass is 32.2. The first-order valence-corrected chi connectivity index (χ1v) is 5.49. The Morgan fingerprint density at radius 2 is 2.33 bits per heavy atom. The lowest BCUT2D eigenvalue weighted by Gasteiger charge is -1.99. The van der Waals surface area contributed by atoms with Gasteiger partial charge in [-0.1, -0.05) is 0 Å². The molecule has 0 aliphatic rings. The molecule has 62 valence electrons. The van der Waals surface area contributed by atoms with Crippen molar-refractivity contribution in [2.75, 3.05) is 12.0 Å². The van der Waals surface area contributed by atoms with Gasteiger partial charge in [0.05, 0.1) is 10.4 Å². The monoisotopic (exact) mass is 196 g/mol. The summed E-state index contributed by atoms with van der Waals surface area (Å²) in [5.74, 6) is 0. The fraction of sp³-hybridized carbons (Fsp3) is 0.125. The average molecular weight is 196 g/mol. The molecule has 4 heteroatoms. The number of nitrogens with zero attached hydrogens (tertiary/aromatic N) is 1. The molecule has 12 heavy (non-hydrogen) atoms. The highest BCUT2D eigenvalue weighted by Crippen LogP contribution is 2.32. The number of hydrogen-bond acceptors (Lipinski definition) is 4. The Balaban J connectivity index is 2.82. The summed E-state index contributed by atoms with van der Waals surface area (Å²) in [5.41, 5.74) is 6.61. The van der Waals surface area contributed by atoms with Crippen molar-refractivity contribution in [1.29, 1.82) is 0 Å². The van der Waals surface area contributed by atoms with Crippen molar-refractivity contribution in [3.05, 3.63) is 18.3 Å². The molecule has 1 aromatic heterocycles. The molecule has 0 bridgehead atoms. The lowest BCUT2D eigenvalue weighted by Crippen LogP contribution is -1.84. The molecule has 2 nitrogen and oxygen atoms in total. The molecule has 0 unspecified atom stereocenters. The first-order valence-electron chi connectivity index (χ1n) is 3.50. The van der Waals surface area contributed by atoms with Crippen molar-refractivity contribution in [2.24, 2.45) is 0 Å². The zero-order valence-electron chi connectivity index (χ0n) is 6.57. The minimum Gasteiger partial charge on any atom is -0.398 e. The SMILES string of the molecule is CSc1ccc(N)c2sncc12. The molecule has 2 N–H and O–H groups in total. The summed E-state index contributed by atoms with van der Waals surface area (Å²) in [6.45, 7) is 0. The number of benzene rings is 1. The Morgan fingerprint density at radius 1 is 1.50 bits per heavy atom. The maximum absolute atomic E-state index is 5.79. The van der Waals surface area contributed by atoms with Crippen molar-refractivity contribution < 1.29 is 0 Å². The lowest BCUT2D eigenvalue weighted by atomic mass is 10.2. The summed E-state index contributed by atoms with van der Waals surface area (Å²) in [4.78, 5) is 1.24. The number of fused-ring (bicyclic) bond motifs is 1. The molecular weight excluding hydrogens is 188 g/mol. The molecule has 0 aliphatic heterocycles. The average Bonchev–Trinajstić information content (AvgIpc) is 2.54. The number of anilines is 1. The van der Waals surface area contributed by atoms with Gasteiger partial charge in [-0.05, 0) is 29.9 Å². The van der Waals surface area contributed by atoms with Gasteiger partial charge in [0.2, 0.25) is 0 Å².